The summed E-state index contributed by atoms with van der Waals surface area (Å²) >= 11 is 0. The summed E-state index contributed by atoms with van der Waals surface area (Å²) in [6, 6.07) is 38.3. The molecule has 1 aliphatic heterocycles. The van der Waals surface area contributed by atoms with E-state index in [1.165, 1.54) is 27.8 Å². The molecule has 3 aliphatic rings. The van der Waals surface area contributed by atoms with E-state index in [0.29, 0.717) is 0 Å². The molecule has 0 spiro atoms. The quantitative estimate of drug-likeness (QED) is 0.289. The normalized spacial score (nSPS) is 18.8. The fourth-order valence-corrected chi connectivity index (χ4v) is 6.24. The van der Waals surface area contributed by atoms with Crippen molar-refractivity contribution in [2.24, 2.45) is 9.98 Å². The van der Waals surface area contributed by atoms with Crippen LogP contribution in [0.5, 0.6) is 0 Å². The van der Waals surface area contributed by atoms with Gasteiger partial charge in [-0.2, -0.15) is 5.26 Å². The van der Waals surface area contributed by atoms with Crippen LogP contribution in [0.1, 0.15) is 60.7 Å². The zero-order valence-corrected chi connectivity index (χ0v) is 23.2. The zero-order valence-electron chi connectivity index (χ0n) is 23.2. The molecule has 4 nitrogen and oxygen atoms in total. The smallest absolute Gasteiger partial charge is 0.159 e. The third-order valence-corrected chi connectivity index (χ3v) is 8.50. The number of aliphatic imine (C=N–C) groups is 2. The van der Waals surface area contributed by atoms with Crippen molar-refractivity contribution >= 4 is 17.2 Å². The molecule has 0 amide bonds. The fraction of sp³-hybridized carbons (Fsp3) is 0.162. The van der Waals surface area contributed by atoms with Crippen molar-refractivity contribution in [3.63, 3.8) is 0 Å². The monoisotopic (exact) mass is 530 g/mol. The first-order chi connectivity index (χ1) is 20.0. The van der Waals surface area contributed by atoms with Gasteiger partial charge in [-0.05, 0) is 63.9 Å². The van der Waals surface area contributed by atoms with E-state index in [4.69, 9.17) is 9.98 Å². The third-order valence-electron chi connectivity index (χ3n) is 8.50. The highest BCUT2D eigenvalue weighted by Crippen LogP contribution is 2.51. The van der Waals surface area contributed by atoms with Crippen LogP contribution >= 0.6 is 0 Å². The van der Waals surface area contributed by atoms with E-state index in [9.17, 15) is 5.26 Å². The molecule has 7 rings (SSSR count). The van der Waals surface area contributed by atoms with Gasteiger partial charge in [0, 0.05) is 22.1 Å². The molecule has 198 valence electrons. The van der Waals surface area contributed by atoms with Crippen molar-refractivity contribution < 1.29 is 0 Å². The molecule has 4 heteroatoms. The van der Waals surface area contributed by atoms with Crippen molar-refractivity contribution in [3.8, 4) is 17.2 Å². The van der Waals surface area contributed by atoms with Gasteiger partial charge < -0.3 is 5.32 Å². The number of amidine groups is 2. The van der Waals surface area contributed by atoms with Gasteiger partial charge in [0.25, 0.3) is 0 Å². The molecular formula is C37H30N4. The minimum Gasteiger partial charge on any atom is -0.344 e. The van der Waals surface area contributed by atoms with Crippen LogP contribution in [0.25, 0.3) is 16.7 Å². The second kappa shape index (κ2) is 9.87. The first-order valence-electron chi connectivity index (χ1n) is 14.1. The maximum absolute atomic E-state index is 9.49. The number of allylic oxidation sites excluding steroid dienone is 4. The van der Waals surface area contributed by atoms with Crippen molar-refractivity contribution in [1.82, 2.24) is 5.32 Å². The Bertz CT molecular complexity index is 1820. The zero-order chi connectivity index (χ0) is 28.0. The van der Waals surface area contributed by atoms with Crippen LogP contribution in [-0.2, 0) is 5.41 Å². The summed E-state index contributed by atoms with van der Waals surface area (Å²) in [6.07, 6.45) is 3.67. The number of rotatable bonds is 4. The Morgan fingerprint density at radius 2 is 1.46 bits per heavy atom. The lowest BCUT2D eigenvalue weighted by molar-refractivity contribution is 0.650. The predicted molar refractivity (Wildman–Crippen MR) is 167 cm³/mol. The van der Waals surface area contributed by atoms with Gasteiger partial charge in [-0.15, -0.1) is 0 Å². The van der Waals surface area contributed by atoms with Gasteiger partial charge in [0.15, 0.2) is 5.84 Å². The van der Waals surface area contributed by atoms with E-state index in [1.807, 2.05) is 36.4 Å². The van der Waals surface area contributed by atoms with Gasteiger partial charge >= 0.3 is 0 Å². The van der Waals surface area contributed by atoms with Crippen molar-refractivity contribution in [2.45, 2.75) is 38.3 Å². The molecule has 0 bridgehead atoms. The summed E-state index contributed by atoms with van der Waals surface area (Å²) in [4.78, 5) is 9.95. The molecule has 4 aromatic rings. The number of benzene rings is 4. The SMILES string of the molecule is CC1(C)C2=C(CCC(C#N)=C2)c2ccc(-c3ccc(C4=NC(c5ccccc5)NC(c5ccccc5)=N4)cc3)cc21. The molecule has 0 aromatic heterocycles. The van der Waals surface area contributed by atoms with Crippen molar-refractivity contribution in [3.05, 3.63) is 148 Å². The molecule has 4 aromatic carbocycles. The number of nitrogens with zero attached hydrogens (tertiary/aromatic N) is 3. The molecule has 0 saturated heterocycles. The van der Waals surface area contributed by atoms with E-state index >= 15 is 0 Å². The van der Waals surface area contributed by atoms with Crippen LogP contribution in [-0.4, -0.2) is 11.7 Å². The highest BCUT2D eigenvalue weighted by atomic mass is 15.2. The van der Waals surface area contributed by atoms with Gasteiger partial charge in [0.1, 0.15) is 12.0 Å². The number of nitriles is 1. The maximum atomic E-state index is 9.49. The molecular weight excluding hydrogens is 500 g/mol. The van der Waals surface area contributed by atoms with Gasteiger partial charge in [0.2, 0.25) is 0 Å². The summed E-state index contributed by atoms with van der Waals surface area (Å²) in [5.74, 6) is 1.54. The number of fused-ring (bicyclic) bond motifs is 2. The van der Waals surface area contributed by atoms with Gasteiger partial charge in [-0.3, -0.25) is 0 Å². The van der Waals surface area contributed by atoms with Crippen LogP contribution in [0.3, 0.4) is 0 Å². The molecule has 41 heavy (non-hydrogen) atoms. The summed E-state index contributed by atoms with van der Waals surface area (Å²) in [6.45, 7) is 4.55. The lowest BCUT2D eigenvalue weighted by Crippen LogP contribution is -2.33. The Morgan fingerprint density at radius 1 is 0.780 bits per heavy atom. The molecule has 1 unspecified atom stereocenters. The van der Waals surface area contributed by atoms with Crippen molar-refractivity contribution in [1.29, 1.82) is 5.26 Å². The second-order valence-corrected chi connectivity index (χ2v) is 11.4. The Labute approximate surface area is 241 Å². The maximum Gasteiger partial charge on any atom is 0.159 e. The van der Waals surface area contributed by atoms with Crippen LogP contribution in [0.15, 0.2) is 130 Å². The van der Waals surface area contributed by atoms with Crippen LogP contribution in [0, 0.1) is 11.3 Å². The Morgan fingerprint density at radius 3 is 2.20 bits per heavy atom. The Balaban J connectivity index is 1.22. The van der Waals surface area contributed by atoms with Gasteiger partial charge in [-0.25, -0.2) is 9.98 Å². The average molecular weight is 531 g/mol. The van der Waals surface area contributed by atoms with E-state index in [0.717, 1.165) is 52.3 Å². The highest BCUT2D eigenvalue weighted by Gasteiger charge is 2.38. The van der Waals surface area contributed by atoms with E-state index in [-0.39, 0.29) is 11.6 Å². The Hall–Kier alpha value is -5.01. The number of hydrogen-bond acceptors (Lipinski definition) is 4. The third kappa shape index (κ3) is 4.40. The number of nitrogens with one attached hydrogen (secondary N) is 1. The molecule has 2 aliphatic carbocycles. The largest absolute Gasteiger partial charge is 0.344 e. The lowest BCUT2D eigenvalue weighted by Gasteiger charge is -2.25. The summed E-state index contributed by atoms with van der Waals surface area (Å²) < 4.78 is 0. The lowest BCUT2D eigenvalue weighted by atomic mass is 9.78. The first kappa shape index (κ1) is 25.0. The van der Waals surface area contributed by atoms with Crippen LogP contribution in [0.4, 0.5) is 0 Å². The number of hydrogen-bond donors (Lipinski definition) is 1. The minimum atomic E-state index is -0.216. The van der Waals surface area contributed by atoms with Gasteiger partial charge in [0.05, 0.1) is 6.07 Å². The van der Waals surface area contributed by atoms with Crippen LogP contribution in [0.2, 0.25) is 0 Å². The molecule has 1 N–H and O–H groups in total. The summed E-state index contributed by atoms with van der Waals surface area (Å²) in [7, 11) is 0. The van der Waals surface area contributed by atoms with Crippen molar-refractivity contribution in [2.75, 3.05) is 0 Å². The molecule has 0 fully saturated rings. The van der Waals surface area contributed by atoms with E-state index < -0.39 is 0 Å². The van der Waals surface area contributed by atoms with Crippen LogP contribution < -0.4 is 5.32 Å². The highest BCUT2D eigenvalue weighted by molar-refractivity contribution is 6.13. The average Bonchev–Trinajstić information content (AvgIpc) is 3.27. The van der Waals surface area contributed by atoms with E-state index in [2.05, 4.69) is 98.0 Å². The van der Waals surface area contributed by atoms with Gasteiger partial charge in [-0.1, -0.05) is 111 Å². The Kier molecular flexibility index (Phi) is 6.02. The standard InChI is InChI=1S/C37H30N4/c1-37(2)32-21-24(23-38)13-19-30(32)31-20-18-29(22-33(31)37)25-14-16-28(17-15-25)36-40-34(26-9-5-3-6-10-26)39-35(41-36)27-11-7-4-8-12-27/h3-12,14-18,20-22,34H,13,19H2,1-2H3,(H,39,40,41). The minimum absolute atomic E-state index is 0.123. The molecule has 0 saturated carbocycles. The predicted octanol–water partition coefficient (Wildman–Crippen LogP) is 8.14. The molecule has 1 atom stereocenters. The molecule has 1 heterocycles. The molecule has 0 radical (unpaired) electrons. The fourth-order valence-electron chi connectivity index (χ4n) is 6.24. The topological polar surface area (TPSA) is 60.5 Å². The second-order valence-electron chi connectivity index (χ2n) is 11.4. The summed E-state index contributed by atoms with van der Waals surface area (Å²) in [5, 5.41) is 13.0. The summed E-state index contributed by atoms with van der Waals surface area (Å²) in [5.41, 5.74) is 11.6. The first-order valence-corrected chi connectivity index (χ1v) is 14.1. The van der Waals surface area contributed by atoms with E-state index in [1.54, 1.807) is 0 Å².